The first-order valence-electron chi connectivity index (χ1n) is 9.67. The second kappa shape index (κ2) is 13.0. The molecule has 1 saturated heterocycles. The summed E-state index contributed by atoms with van der Waals surface area (Å²) in [7, 11) is 1.69. The Bertz CT molecular complexity index is 684. The molecule has 0 aliphatic carbocycles. The molecule has 30 heavy (non-hydrogen) atoms. The molecular formula is C20H29F3IN3O3. The Morgan fingerprint density at radius 1 is 1.27 bits per heavy atom. The summed E-state index contributed by atoms with van der Waals surface area (Å²) in [4.78, 5) is 18.4. The van der Waals surface area contributed by atoms with Gasteiger partial charge < -0.3 is 19.7 Å². The fourth-order valence-corrected chi connectivity index (χ4v) is 3.17. The third-order valence-corrected chi connectivity index (χ3v) is 4.56. The Morgan fingerprint density at radius 2 is 1.93 bits per heavy atom. The van der Waals surface area contributed by atoms with Crippen molar-refractivity contribution < 1.29 is 27.4 Å². The minimum absolute atomic E-state index is 0. The SMILES string of the molecule is CCOC(=O)C1CCCN(C(=NC)NCc2ccc(COCC(F)(F)F)cc2)C1.I. The van der Waals surface area contributed by atoms with Crippen LogP contribution in [0.4, 0.5) is 13.2 Å². The van der Waals surface area contributed by atoms with E-state index < -0.39 is 12.8 Å². The number of hydrogen-bond donors (Lipinski definition) is 1. The van der Waals surface area contributed by atoms with Crippen LogP contribution in [0, 0.1) is 5.92 Å². The highest BCUT2D eigenvalue weighted by molar-refractivity contribution is 14.0. The number of alkyl halides is 3. The number of rotatable bonds is 7. The van der Waals surface area contributed by atoms with E-state index in [2.05, 4.69) is 15.0 Å². The van der Waals surface area contributed by atoms with Crippen molar-refractivity contribution in [3.8, 4) is 0 Å². The summed E-state index contributed by atoms with van der Waals surface area (Å²) in [5, 5.41) is 3.27. The first-order chi connectivity index (χ1) is 13.8. The van der Waals surface area contributed by atoms with E-state index in [1.807, 2.05) is 17.0 Å². The fraction of sp³-hybridized carbons (Fsp3) is 0.600. The number of carbonyl (C=O) groups is 1. The van der Waals surface area contributed by atoms with Crippen molar-refractivity contribution in [2.24, 2.45) is 10.9 Å². The molecule has 1 fully saturated rings. The van der Waals surface area contributed by atoms with Crippen LogP contribution in [0.5, 0.6) is 0 Å². The van der Waals surface area contributed by atoms with Crippen molar-refractivity contribution in [1.29, 1.82) is 0 Å². The molecule has 170 valence electrons. The van der Waals surface area contributed by atoms with Crippen LogP contribution < -0.4 is 5.32 Å². The number of likely N-dealkylation sites (tertiary alicyclic amines) is 1. The van der Waals surface area contributed by atoms with Gasteiger partial charge in [0.15, 0.2) is 5.96 Å². The maximum absolute atomic E-state index is 12.1. The molecule has 1 aromatic carbocycles. The van der Waals surface area contributed by atoms with Crippen LogP contribution in [0.1, 0.15) is 30.9 Å². The average molecular weight is 543 g/mol. The maximum atomic E-state index is 12.1. The van der Waals surface area contributed by atoms with Crippen molar-refractivity contribution in [2.75, 3.05) is 33.4 Å². The van der Waals surface area contributed by atoms with Gasteiger partial charge in [0.1, 0.15) is 6.61 Å². The van der Waals surface area contributed by atoms with E-state index in [9.17, 15) is 18.0 Å². The highest BCUT2D eigenvalue weighted by atomic mass is 127. The molecule has 10 heteroatoms. The summed E-state index contributed by atoms with van der Waals surface area (Å²) < 4.78 is 46.1. The molecule has 1 aromatic rings. The Morgan fingerprint density at radius 3 is 2.53 bits per heavy atom. The van der Waals surface area contributed by atoms with E-state index in [1.165, 1.54) is 0 Å². The predicted molar refractivity (Wildman–Crippen MR) is 119 cm³/mol. The van der Waals surface area contributed by atoms with E-state index in [0.29, 0.717) is 31.2 Å². The number of carbonyl (C=O) groups excluding carboxylic acids is 1. The Balaban J connectivity index is 0.00000450. The van der Waals surface area contributed by atoms with Gasteiger partial charge in [0, 0.05) is 26.7 Å². The number of ether oxygens (including phenoxy) is 2. The number of nitrogens with one attached hydrogen (secondary N) is 1. The second-order valence-corrected chi connectivity index (χ2v) is 6.86. The lowest BCUT2D eigenvalue weighted by molar-refractivity contribution is -0.176. The maximum Gasteiger partial charge on any atom is 0.411 e. The molecule has 6 nitrogen and oxygen atoms in total. The van der Waals surface area contributed by atoms with Crippen molar-refractivity contribution in [2.45, 2.75) is 39.1 Å². The number of hydrogen-bond acceptors (Lipinski definition) is 4. The van der Waals surface area contributed by atoms with Gasteiger partial charge >= 0.3 is 12.1 Å². The zero-order valence-electron chi connectivity index (χ0n) is 17.2. The number of guanidine groups is 1. The molecule has 0 radical (unpaired) electrons. The number of nitrogens with zero attached hydrogens (tertiary/aromatic N) is 2. The lowest BCUT2D eigenvalue weighted by Crippen LogP contribution is -2.48. The van der Waals surface area contributed by atoms with Crippen LogP contribution in [0.2, 0.25) is 0 Å². The number of aliphatic imine (C=N–C) groups is 1. The Kier molecular flexibility index (Phi) is 11.5. The molecule has 0 saturated carbocycles. The molecule has 1 unspecified atom stereocenters. The molecule has 1 aliphatic rings. The van der Waals surface area contributed by atoms with E-state index in [0.717, 1.165) is 24.9 Å². The molecular weight excluding hydrogens is 514 g/mol. The summed E-state index contributed by atoms with van der Waals surface area (Å²) in [6.45, 7) is 2.72. The van der Waals surface area contributed by atoms with E-state index >= 15 is 0 Å². The third-order valence-electron chi connectivity index (χ3n) is 4.56. The van der Waals surface area contributed by atoms with Gasteiger partial charge in [0.2, 0.25) is 0 Å². The van der Waals surface area contributed by atoms with Crippen LogP contribution in [0.25, 0.3) is 0 Å². The van der Waals surface area contributed by atoms with Gasteiger partial charge in [0.25, 0.3) is 0 Å². The standard InChI is InChI=1S/C20H28F3N3O3.HI/c1-3-29-18(27)17-5-4-10-26(12-17)19(24-2)25-11-15-6-8-16(9-7-15)13-28-14-20(21,22)23;/h6-9,17H,3-5,10-14H2,1-2H3,(H,24,25);1H. The van der Waals surface area contributed by atoms with E-state index in [-0.39, 0.29) is 42.5 Å². The molecule has 0 bridgehead atoms. The fourth-order valence-electron chi connectivity index (χ4n) is 3.17. The van der Waals surface area contributed by atoms with E-state index in [4.69, 9.17) is 4.74 Å². The summed E-state index contributed by atoms with van der Waals surface area (Å²) in [5.41, 5.74) is 1.64. The van der Waals surface area contributed by atoms with Crippen molar-refractivity contribution >= 4 is 35.9 Å². The zero-order chi connectivity index (χ0) is 21.3. The topological polar surface area (TPSA) is 63.2 Å². The molecule has 1 N–H and O–H groups in total. The normalized spacial score (nSPS) is 17.3. The van der Waals surface area contributed by atoms with Crippen molar-refractivity contribution in [1.82, 2.24) is 10.2 Å². The van der Waals surface area contributed by atoms with Gasteiger partial charge in [-0.25, -0.2) is 0 Å². The monoisotopic (exact) mass is 543 g/mol. The highest BCUT2D eigenvalue weighted by Gasteiger charge is 2.28. The lowest BCUT2D eigenvalue weighted by atomic mass is 9.98. The van der Waals surface area contributed by atoms with E-state index in [1.54, 1.807) is 26.1 Å². The van der Waals surface area contributed by atoms with Gasteiger partial charge in [-0.2, -0.15) is 13.2 Å². The van der Waals surface area contributed by atoms with Crippen LogP contribution in [-0.4, -0.2) is 56.4 Å². The zero-order valence-corrected chi connectivity index (χ0v) is 19.5. The minimum atomic E-state index is -4.32. The molecule has 1 aliphatic heterocycles. The summed E-state index contributed by atoms with van der Waals surface area (Å²) in [5.74, 6) is 0.380. The molecule has 1 atom stereocenters. The third kappa shape index (κ3) is 9.07. The first kappa shape index (κ1) is 26.5. The summed E-state index contributed by atoms with van der Waals surface area (Å²) in [6, 6.07) is 7.16. The minimum Gasteiger partial charge on any atom is -0.466 e. The van der Waals surface area contributed by atoms with Gasteiger partial charge in [-0.15, -0.1) is 24.0 Å². The number of piperidine rings is 1. The smallest absolute Gasteiger partial charge is 0.411 e. The number of halogens is 4. The van der Waals surface area contributed by atoms with Crippen molar-refractivity contribution in [3.05, 3.63) is 35.4 Å². The molecule has 2 rings (SSSR count). The van der Waals surface area contributed by atoms with Gasteiger partial charge in [-0.1, -0.05) is 24.3 Å². The summed E-state index contributed by atoms with van der Waals surface area (Å²) in [6.07, 6.45) is -2.62. The predicted octanol–water partition coefficient (Wildman–Crippen LogP) is 3.73. The second-order valence-electron chi connectivity index (χ2n) is 6.86. The largest absolute Gasteiger partial charge is 0.466 e. The van der Waals surface area contributed by atoms with Crippen molar-refractivity contribution in [3.63, 3.8) is 0 Å². The van der Waals surface area contributed by atoms with Crippen LogP contribution in [0.15, 0.2) is 29.3 Å². The number of esters is 1. The summed E-state index contributed by atoms with van der Waals surface area (Å²) >= 11 is 0. The van der Waals surface area contributed by atoms with Crippen LogP contribution in [0.3, 0.4) is 0 Å². The average Bonchev–Trinajstić information content (AvgIpc) is 2.69. The van der Waals surface area contributed by atoms with Gasteiger partial charge in [-0.3, -0.25) is 9.79 Å². The van der Waals surface area contributed by atoms with Crippen LogP contribution in [-0.2, 0) is 27.4 Å². The number of benzene rings is 1. The highest BCUT2D eigenvalue weighted by Crippen LogP contribution is 2.18. The molecule has 0 spiro atoms. The molecule has 1 heterocycles. The molecule has 0 aromatic heterocycles. The Hall–Kier alpha value is -1.56. The Labute approximate surface area is 192 Å². The quantitative estimate of drug-likeness (QED) is 0.246. The lowest BCUT2D eigenvalue weighted by Gasteiger charge is -2.34. The van der Waals surface area contributed by atoms with Crippen LogP contribution >= 0.6 is 24.0 Å². The van der Waals surface area contributed by atoms with Gasteiger partial charge in [-0.05, 0) is 30.9 Å². The molecule has 0 amide bonds. The van der Waals surface area contributed by atoms with Gasteiger partial charge in [0.05, 0.1) is 19.1 Å². The first-order valence-corrected chi connectivity index (χ1v) is 9.67.